The zero-order chi connectivity index (χ0) is 45.8. The van der Waals surface area contributed by atoms with Crippen LogP contribution >= 0.6 is 0 Å². The molecule has 0 spiro atoms. The van der Waals surface area contributed by atoms with Crippen LogP contribution in [-0.4, -0.2) is 37.2 Å². The normalized spacial score (nSPS) is 13.0. The molecule has 0 radical (unpaired) electrons. The van der Waals surface area contributed by atoms with E-state index >= 15 is 0 Å². The minimum absolute atomic E-state index is 0.105. The van der Waals surface area contributed by atoms with Crippen LogP contribution in [-0.2, 0) is 28.6 Å². The molecule has 1 unspecified atom stereocenters. The van der Waals surface area contributed by atoms with E-state index in [1.54, 1.807) is 0 Å². The quantitative estimate of drug-likeness (QED) is 0.0199. The van der Waals surface area contributed by atoms with Crippen LogP contribution in [0.4, 0.5) is 0 Å². The van der Waals surface area contributed by atoms with E-state index < -0.39 is 6.10 Å². The summed E-state index contributed by atoms with van der Waals surface area (Å²) in [4.78, 5) is 38.0. The Labute approximate surface area is 387 Å². The Balaban J connectivity index is 4.49. The van der Waals surface area contributed by atoms with Gasteiger partial charge >= 0.3 is 17.9 Å². The monoisotopic (exact) mass is 873 g/mol. The molecule has 0 aromatic heterocycles. The van der Waals surface area contributed by atoms with Crippen molar-refractivity contribution in [1.29, 1.82) is 0 Å². The zero-order valence-electron chi connectivity index (χ0n) is 40.5. The van der Waals surface area contributed by atoms with Crippen LogP contribution < -0.4 is 0 Å². The highest BCUT2D eigenvalue weighted by Crippen LogP contribution is 2.14. The van der Waals surface area contributed by atoms with Gasteiger partial charge in [0.1, 0.15) is 13.2 Å². The molecule has 0 rings (SSSR count). The number of rotatable bonds is 44. The fourth-order valence-corrected chi connectivity index (χ4v) is 6.63. The minimum Gasteiger partial charge on any atom is -0.462 e. The van der Waals surface area contributed by atoms with E-state index in [1.807, 2.05) is 60.8 Å². The molecule has 63 heavy (non-hydrogen) atoms. The van der Waals surface area contributed by atoms with Gasteiger partial charge in [-0.05, 0) is 83.5 Å². The third-order valence-electron chi connectivity index (χ3n) is 10.4. The first-order valence-corrected chi connectivity index (χ1v) is 25.5. The van der Waals surface area contributed by atoms with Crippen LogP contribution in [0.2, 0.25) is 0 Å². The van der Waals surface area contributed by atoms with Crippen molar-refractivity contribution in [3.05, 3.63) is 109 Å². The minimum atomic E-state index is -0.810. The second-order valence-electron chi connectivity index (χ2n) is 16.5. The third-order valence-corrected chi connectivity index (χ3v) is 10.4. The largest absolute Gasteiger partial charge is 0.462 e. The van der Waals surface area contributed by atoms with Crippen LogP contribution in [0.15, 0.2) is 109 Å². The molecular formula is C57H92O6. The summed E-state index contributed by atoms with van der Waals surface area (Å²) in [5.74, 6) is -0.979. The fourth-order valence-electron chi connectivity index (χ4n) is 6.63. The van der Waals surface area contributed by atoms with Gasteiger partial charge in [0.15, 0.2) is 6.10 Å². The van der Waals surface area contributed by atoms with Crippen molar-refractivity contribution in [2.75, 3.05) is 13.2 Å². The van der Waals surface area contributed by atoms with E-state index in [0.717, 1.165) is 96.3 Å². The number of unbranched alkanes of at least 4 members (excludes halogenated alkanes) is 21. The van der Waals surface area contributed by atoms with E-state index in [0.29, 0.717) is 12.8 Å². The maximum atomic E-state index is 12.8. The Bertz CT molecular complexity index is 1330. The van der Waals surface area contributed by atoms with Gasteiger partial charge in [0.05, 0.1) is 0 Å². The second-order valence-corrected chi connectivity index (χ2v) is 16.5. The van der Waals surface area contributed by atoms with Crippen molar-refractivity contribution in [2.24, 2.45) is 0 Å². The van der Waals surface area contributed by atoms with E-state index in [1.165, 1.54) is 77.0 Å². The van der Waals surface area contributed by atoms with Gasteiger partial charge in [0.2, 0.25) is 0 Å². The lowest BCUT2D eigenvalue weighted by Crippen LogP contribution is -2.30. The van der Waals surface area contributed by atoms with Crippen LogP contribution in [0.3, 0.4) is 0 Å². The lowest BCUT2D eigenvalue weighted by molar-refractivity contribution is -0.167. The fraction of sp³-hybridized carbons (Fsp3) is 0.632. The Morgan fingerprint density at radius 3 is 1.03 bits per heavy atom. The Hall–Kier alpha value is -3.93. The summed E-state index contributed by atoms with van der Waals surface area (Å²) in [6.45, 7) is 6.28. The number of hydrogen-bond acceptors (Lipinski definition) is 6. The molecule has 0 aromatic rings. The third kappa shape index (κ3) is 49.0. The average Bonchev–Trinajstić information content (AvgIpc) is 3.28. The molecule has 356 valence electrons. The van der Waals surface area contributed by atoms with Gasteiger partial charge in [0, 0.05) is 19.3 Å². The molecule has 0 aliphatic rings. The molecule has 6 heteroatoms. The molecule has 0 bridgehead atoms. The molecule has 6 nitrogen and oxygen atoms in total. The first-order chi connectivity index (χ1) is 31.0. The highest BCUT2D eigenvalue weighted by atomic mass is 16.6. The summed E-state index contributed by atoms with van der Waals surface area (Å²) in [5, 5.41) is 0. The van der Waals surface area contributed by atoms with Crippen molar-refractivity contribution < 1.29 is 28.6 Å². The average molecular weight is 873 g/mol. The predicted octanol–water partition coefficient (Wildman–Crippen LogP) is 16.8. The number of carbonyl (C=O) groups is 3. The molecule has 1 atom stereocenters. The summed E-state index contributed by atoms with van der Waals surface area (Å²) in [6.07, 6.45) is 67.8. The molecule has 0 aliphatic carbocycles. The van der Waals surface area contributed by atoms with Gasteiger partial charge in [0.25, 0.3) is 0 Å². The SMILES string of the molecule is CC\C=C/C=C\C=C/C=C\CCCCCCCC(=O)OC(COC(=O)CCCCC\C=C/C=C\C=C/C=C\CC)COC(=O)CCCCCCCCC/C=C\CCCCCCCC. The Morgan fingerprint density at radius 1 is 0.333 bits per heavy atom. The maximum absolute atomic E-state index is 12.8. The Kier molecular flexibility index (Phi) is 47.5. The number of hydrogen-bond donors (Lipinski definition) is 0. The number of ether oxygens (including phenoxy) is 3. The maximum Gasteiger partial charge on any atom is 0.306 e. The summed E-state index contributed by atoms with van der Waals surface area (Å²) < 4.78 is 16.7. The first-order valence-electron chi connectivity index (χ1n) is 25.5. The summed E-state index contributed by atoms with van der Waals surface area (Å²) in [5.41, 5.74) is 0. The summed E-state index contributed by atoms with van der Waals surface area (Å²) in [6, 6.07) is 0. The second kappa shape index (κ2) is 50.7. The molecule has 0 aromatic carbocycles. The van der Waals surface area contributed by atoms with E-state index in [9.17, 15) is 14.4 Å². The van der Waals surface area contributed by atoms with Gasteiger partial charge < -0.3 is 14.2 Å². The predicted molar refractivity (Wildman–Crippen MR) is 270 cm³/mol. The number of allylic oxidation sites excluding steroid dienone is 18. The topological polar surface area (TPSA) is 78.9 Å². The van der Waals surface area contributed by atoms with E-state index in [2.05, 4.69) is 69.4 Å². The van der Waals surface area contributed by atoms with Crippen LogP contribution in [0.1, 0.15) is 213 Å². The van der Waals surface area contributed by atoms with Gasteiger partial charge in [-0.25, -0.2) is 0 Å². The first kappa shape index (κ1) is 59.1. The van der Waals surface area contributed by atoms with Gasteiger partial charge in [-0.2, -0.15) is 0 Å². The molecule has 0 saturated carbocycles. The lowest BCUT2D eigenvalue weighted by Gasteiger charge is -2.18. The van der Waals surface area contributed by atoms with E-state index in [-0.39, 0.29) is 37.5 Å². The molecule has 0 amide bonds. The molecule has 0 fully saturated rings. The van der Waals surface area contributed by atoms with Crippen LogP contribution in [0.25, 0.3) is 0 Å². The number of esters is 3. The highest BCUT2D eigenvalue weighted by Gasteiger charge is 2.19. The summed E-state index contributed by atoms with van der Waals surface area (Å²) >= 11 is 0. The zero-order valence-corrected chi connectivity index (χ0v) is 40.5. The smallest absolute Gasteiger partial charge is 0.306 e. The van der Waals surface area contributed by atoms with Gasteiger partial charge in [-0.3, -0.25) is 14.4 Å². The standard InChI is InChI=1S/C57H92O6/c1-4-7-10-13-16-19-22-25-27-28-30-32-35-38-41-44-47-50-56(59)62-53-54(52-61-55(58)49-46-43-40-37-34-31-24-21-18-15-12-9-6-3)63-57(60)51-48-45-42-39-36-33-29-26-23-20-17-14-11-8-5-2/h8-9,11-12,14-15,17-18,20-21,23-27,29,31,34,54H,4-7,10,13,16,19,22,28,30,32-33,35-53H2,1-3H3/b11-8-,12-9-,17-14-,18-15-,23-20-,24-21-,27-25-,29-26-,34-31-. The summed E-state index contributed by atoms with van der Waals surface area (Å²) in [7, 11) is 0. The molecule has 0 heterocycles. The van der Waals surface area contributed by atoms with Crippen molar-refractivity contribution in [2.45, 2.75) is 219 Å². The van der Waals surface area contributed by atoms with Crippen molar-refractivity contribution >= 4 is 17.9 Å². The lowest BCUT2D eigenvalue weighted by atomic mass is 10.1. The highest BCUT2D eigenvalue weighted by molar-refractivity contribution is 5.71. The van der Waals surface area contributed by atoms with Crippen LogP contribution in [0.5, 0.6) is 0 Å². The van der Waals surface area contributed by atoms with Crippen molar-refractivity contribution in [1.82, 2.24) is 0 Å². The van der Waals surface area contributed by atoms with Gasteiger partial charge in [-0.15, -0.1) is 0 Å². The van der Waals surface area contributed by atoms with Crippen molar-refractivity contribution in [3.8, 4) is 0 Å². The molecular weight excluding hydrogens is 781 g/mol. The molecule has 0 saturated heterocycles. The van der Waals surface area contributed by atoms with Crippen LogP contribution in [0, 0.1) is 0 Å². The van der Waals surface area contributed by atoms with E-state index in [4.69, 9.17) is 14.2 Å². The molecule has 0 aliphatic heterocycles. The Morgan fingerprint density at radius 2 is 0.635 bits per heavy atom. The van der Waals surface area contributed by atoms with Crippen molar-refractivity contribution in [3.63, 3.8) is 0 Å². The number of carbonyl (C=O) groups excluding carboxylic acids is 3. The molecule has 0 N–H and O–H groups in total. The van der Waals surface area contributed by atoms with Gasteiger partial charge in [-0.1, -0.05) is 220 Å².